The van der Waals surface area contributed by atoms with E-state index in [9.17, 15) is 14.4 Å². The van der Waals surface area contributed by atoms with Crippen molar-refractivity contribution in [2.75, 3.05) is 26.3 Å². The number of nitrogens with one attached hydrogen (secondary N) is 2. The number of piperidine rings is 1. The van der Waals surface area contributed by atoms with Crippen LogP contribution in [0.1, 0.15) is 88.9 Å². The number of rotatable bonds is 4. The molecule has 0 aliphatic carbocycles. The third-order valence-corrected chi connectivity index (χ3v) is 7.18. The predicted molar refractivity (Wildman–Crippen MR) is 132 cm³/mol. The van der Waals surface area contributed by atoms with Gasteiger partial charge in [-0.1, -0.05) is 33.6 Å². The molecule has 1 aromatic heterocycles. The first kappa shape index (κ1) is 27.2. The molecule has 2 aliphatic heterocycles. The van der Waals surface area contributed by atoms with Gasteiger partial charge in [0.15, 0.2) is 12.1 Å². The summed E-state index contributed by atoms with van der Waals surface area (Å²) in [5, 5.41) is 6.10. The van der Waals surface area contributed by atoms with Crippen LogP contribution >= 0.6 is 0 Å². The van der Waals surface area contributed by atoms with Crippen LogP contribution in [-0.4, -0.2) is 66.0 Å². The molecule has 2 saturated heterocycles. The van der Waals surface area contributed by atoms with E-state index >= 15 is 0 Å². The standard InChI is InChI=1S/C26H42N4O5/c1-5-21-22(27-17-35-21)24(32)30-12-10-26(11-13-30)9-7-6-8-14-34-16-19(4)28-23(31)20(15-18(2)3)29-25(26)33/h17-20H,5-16H2,1-4H3,(H,28,31)(H,29,33)/t19-,20+/m1/s1. The number of likely N-dealkylation sites (tertiary alicyclic amines) is 1. The molecule has 2 N–H and O–H groups in total. The fourth-order valence-electron chi connectivity index (χ4n) is 5.08. The summed E-state index contributed by atoms with van der Waals surface area (Å²) in [4.78, 5) is 45.7. The van der Waals surface area contributed by atoms with Gasteiger partial charge in [0, 0.05) is 32.2 Å². The molecule has 0 unspecified atom stereocenters. The predicted octanol–water partition coefficient (Wildman–Crippen LogP) is 3.09. The van der Waals surface area contributed by atoms with E-state index < -0.39 is 11.5 Å². The highest BCUT2D eigenvalue weighted by atomic mass is 16.5. The van der Waals surface area contributed by atoms with Gasteiger partial charge in [-0.15, -0.1) is 0 Å². The topological polar surface area (TPSA) is 114 Å². The number of amides is 3. The first-order chi connectivity index (χ1) is 16.8. The number of hydrogen-bond acceptors (Lipinski definition) is 6. The minimum absolute atomic E-state index is 0.0676. The second-order valence-corrected chi connectivity index (χ2v) is 10.5. The zero-order chi connectivity index (χ0) is 25.4. The number of carbonyl (C=O) groups is 3. The van der Waals surface area contributed by atoms with Gasteiger partial charge in [0.1, 0.15) is 11.8 Å². The van der Waals surface area contributed by atoms with Gasteiger partial charge in [-0.25, -0.2) is 4.98 Å². The SMILES string of the molecule is CCc1ocnc1C(=O)N1CCC2(CCCCCOC[C@@H](C)NC(=O)[C@H](CC(C)C)NC2=O)CC1. The molecule has 1 aromatic rings. The van der Waals surface area contributed by atoms with Crippen molar-refractivity contribution in [1.82, 2.24) is 20.5 Å². The molecule has 0 saturated carbocycles. The van der Waals surface area contributed by atoms with Gasteiger partial charge in [-0.2, -0.15) is 0 Å². The number of aryl methyl sites for hydroxylation is 1. The molecular weight excluding hydrogens is 448 g/mol. The number of carbonyl (C=O) groups excluding carboxylic acids is 3. The van der Waals surface area contributed by atoms with E-state index in [1.54, 1.807) is 4.90 Å². The van der Waals surface area contributed by atoms with E-state index in [4.69, 9.17) is 9.15 Å². The Morgan fingerprint density at radius 1 is 1.17 bits per heavy atom. The molecule has 0 bridgehead atoms. The van der Waals surface area contributed by atoms with Gasteiger partial charge in [-0.05, 0) is 44.9 Å². The van der Waals surface area contributed by atoms with Gasteiger partial charge < -0.3 is 24.7 Å². The normalized spacial score (nSPS) is 24.7. The highest BCUT2D eigenvalue weighted by Crippen LogP contribution is 2.38. The number of aromatic nitrogens is 1. The fraction of sp³-hybridized carbons (Fsp3) is 0.769. The van der Waals surface area contributed by atoms with Crippen LogP contribution in [0, 0.1) is 11.3 Å². The summed E-state index contributed by atoms with van der Waals surface area (Å²) < 4.78 is 11.1. The van der Waals surface area contributed by atoms with Crippen molar-refractivity contribution >= 4 is 17.7 Å². The molecule has 196 valence electrons. The maximum Gasteiger partial charge on any atom is 0.276 e. The van der Waals surface area contributed by atoms with Crippen LogP contribution in [0.15, 0.2) is 10.8 Å². The van der Waals surface area contributed by atoms with Crippen LogP contribution in [0.25, 0.3) is 0 Å². The maximum atomic E-state index is 13.7. The summed E-state index contributed by atoms with van der Waals surface area (Å²) >= 11 is 0. The van der Waals surface area contributed by atoms with E-state index in [2.05, 4.69) is 15.6 Å². The molecule has 2 atom stereocenters. The number of ether oxygens (including phenoxy) is 1. The molecule has 2 aliphatic rings. The van der Waals surface area contributed by atoms with Gasteiger partial charge >= 0.3 is 0 Å². The number of nitrogens with zero attached hydrogens (tertiary/aromatic N) is 2. The zero-order valence-electron chi connectivity index (χ0n) is 21.7. The average Bonchev–Trinajstić information content (AvgIpc) is 3.31. The summed E-state index contributed by atoms with van der Waals surface area (Å²) in [5.41, 5.74) is -0.234. The van der Waals surface area contributed by atoms with Gasteiger partial charge in [0.25, 0.3) is 5.91 Å². The van der Waals surface area contributed by atoms with Crippen molar-refractivity contribution in [3.05, 3.63) is 17.8 Å². The van der Waals surface area contributed by atoms with Crippen molar-refractivity contribution in [3.8, 4) is 0 Å². The van der Waals surface area contributed by atoms with Crippen LogP contribution in [0.4, 0.5) is 0 Å². The molecule has 3 rings (SSSR count). The zero-order valence-corrected chi connectivity index (χ0v) is 21.7. The minimum Gasteiger partial charge on any atom is -0.448 e. The smallest absolute Gasteiger partial charge is 0.276 e. The molecular formula is C26H42N4O5. The molecule has 35 heavy (non-hydrogen) atoms. The number of oxazole rings is 1. The Kier molecular flexibility index (Phi) is 9.71. The first-order valence-corrected chi connectivity index (χ1v) is 13.2. The van der Waals surface area contributed by atoms with Crippen molar-refractivity contribution in [3.63, 3.8) is 0 Å². The highest BCUT2D eigenvalue weighted by Gasteiger charge is 2.43. The Balaban J connectivity index is 1.76. The monoisotopic (exact) mass is 490 g/mol. The van der Waals surface area contributed by atoms with Gasteiger partial charge in [0.05, 0.1) is 12.0 Å². The van der Waals surface area contributed by atoms with E-state index in [-0.39, 0.29) is 29.7 Å². The summed E-state index contributed by atoms with van der Waals surface area (Å²) in [5.74, 6) is 0.463. The maximum absolute atomic E-state index is 13.7. The largest absolute Gasteiger partial charge is 0.448 e. The summed E-state index contributed by atoms with van der Waals surface area (Å²) in [7, 11) is 0. The average molecular weight is 491 g/mol. The van der Waals surface area contributed by atoms with Crippen LogP contribution < -0.4 is 10.6 Å². The first-order valence-electron chi connectivity index (χ1n) is 13.2. The molecule has 3 amide bonds. The van der Waals surface area contributed by atoms with Crippen molar-refractivity contribution in [2.24, 2.45) is 11.3 Å². The van der Waals surface area contributed by atoms with Crippen LogP contribution in [-0.2, 0) is 20.7 Å². The molecule has 0 radical (unpaired) electrons. The summed E-state index contributed by atoms with van der Waals surface area (Å²) in [6.07, 6.45) is 7.15. The summed E-state index contributed by atoms with van der Waals surface area (Å²) in [6, 6.07) is -0.712. The molecule has 9 heteroatoms. The number of hydrogen-bond donors (Lipinski definition) is 2. The van der Waals surface area contributed by atoms with Crippen LogP contribution in [0.2, 0.25) is 0 Å². The van der Waals surface area contributed by atoms with E-state index in [0.717, 1.165) is 25.7 Å². The molecule has 0 aromatic carbocycles. The van der Waals surface area contributed by atoms with E-state index in [1.165, 1.54) is 6.39 Å². The third-order valence-electron chi connectivity index (χ3n) is 7.18. The third kappa shape index (κ3) is 7.06. The van der Waals surface area contributed by atoms with Gasteiger partial charge in [-0.3, -0.25) is 14.4 Å². The van der Waals surface area contributed by atoms with Gasteiger partial charge in [0.2, 0.25) is 11.8 Å². The Morgan fingerprint density at radius 3 is 2.60 bits per heavy atom. The van der Waals surface area contributed by atoms with Crippen LogP contribution in [0.5, 0.6) is 0 Å². The quantitative estimate of drug-likeness (QED) is 0.671. The van der Waals surface area contributed by atoms with Crippen molar-refractivity contribution in [1.29, 1.82) is 0 Å². The lowest BCUT2D eigenvalue weighted by atomic mass is 9.73. The van der Waals surface area contributed by atoms with E-state index in [0.29, 0.717) is 63.4 Å². The van der Waals surface area contributed by atoms with Crippen LogP contribution in [0.3, 0.4) is 0 Å². The Hall–Kier alpha value is -2.42. The van der Waals surface area contributed by atoms with Crippen molar-refractivity contribution in [2.45, 2.75) is 91.1 Å². The molecule has 1 spiro atoms. The fourth-order valence-corrected chi connectivity index (χ4v) is 5.08. The Morgan fingerprint density at radius 2 is 1.91 bits per heavy atom. The summed E-state index contributed by atoms with van der Waals surface area (Å²) in [6.45, 7) is 10.0. The van der Waals surface area contributed by atoms with E-state index in [1.807, 2.05) is 27.7 Å². The molecule has 3 heterocycles. The lowest BCUT2D eigenvalue weighted by molar-refractivity contribution is -0.138. The lowest BCUT2D eigenvalue weighted by Crippen LogP contribution is -2.56. The lowest BCUT2D eigenvalue weighted by Gasteiger charge is -2.41. The molecule has 2 fully saturated rings. The van der Waals surface area contributed by atoms with Crippen molar-refractivity contribution < 1.29 is 23.5 Å². The molecule has 9 nitrogen and oxygen atoms in total. The highest BCUT2D eigenvalue weighted by molar-refractivity contribution is 5.94. The minimum atomic E-state index is -0.597. The second-order valence-electron chi connectivity index (χ2n) is 10.5. The Bertz CT molecular complexity index is 860. The Labute approximate surface area is 208 Å². The second kappa shape index (κ2) is 12.5.